The van der Waals surface area contributed by atoms with Gasteiger partial charge in [0.25, 0.3) is 10.1 Å². The number of ether oxygens (including phenoxy) is 1. The Morgan fingerprint density at radius 1 is 0.955 bits per heavy atom. The molecule has 0 aromatic carbocycles. The van der Waals surface area contributed by atoms with Crippen LogP contribution in [0, 0.1) is 46.3 Å². The highest BCUT2D eigenvalue weighted by molar-refractivity contribution is 7.85. The zero-order valence-corrected chi connectivity index (χ0v) is 28.7. The zero-order chi connectivity index (χ0) is 32.1. The maximum absolute atomic E-state index is 12.6. The second-order valence-electron chi connectivity index (χ2n) is 15.5. The molecule has 4 aliphatic rings. The Morgan fingerprint density at radius 2 is 1.68 bits per heavy atom. The average molecular weight is 640 g/mol. The van der Waals surface area contributed by atoms with Crippen LogP contribution in [0.2, 0.25) is 0 Å². The molecule has 10 atom stereocenters. The third-order valence-corrected chi connectivity index (χ3v) is 13.7. The second kappa shape index (κ2) is 15.1. The molecule has 0 saturated heterocycles. The van der Waals surface area contributed by atoms with Gasteiger partial charge >= 0.3 is 5.97 Å². The van der Waals surface area contributed by atoms with E-state index < -0.39 is 15.9 Å². The minimum absolute atomic E-state index is 0.0201. The van der Waals surface area contributed by atoms with Crippen molar-refractivity contribution in [3.8, 4) is 0 Å². The van der Waals surface area contributed by atoms with Gasteiger partial charge in [-0.05, 0) is 111 Å². The van der Waals surface area contributed by atoms with Crippen molar-refractivity contribution < 1.29 is 32.4 Å². The van der Waals surface area contributed by atoms with E-state index in [0.717, 1.165) is 51.4 Å². The van der Waals surface area contributed by atoms with Gasteiger partial charge in [0.05, 0.1) is 11.9 Å². The molecule has 4 fully saturated rings. The molecular formula is C35H61NO7S. The smallest absolute Gasteiger partial charge is 0.306 e. The molecule has 4 rings (SSSR count). The Hall–Kier alpha value is -1.19. The van der Waals surface area contributed by atoms with E-state index in [9.17, 15) is 23.1 Å². The molecule has 8 nitrogen and oxygen atoms in total. The van der Waals surface area contributed by atoms with E-state index in [4.69, 9.17) is 9.29 Å². The first-order chi connectivity index (χ1) is 20.8. The number of aliphatic hydroxyl groups excluding tert-OH is 1. The van der Waals surface area contributed by atoms with Crippen LogP contribution in [0.4, 0.5) is 0 Å². The van der Waals surface area contributed by atoms with Gasteiger partial charge in [0, 0.05) is 19.4 Å². The molecule has 0 aliphatic heterocycles. The van der Waals surface area contributed by atoms with Crippen LogP contribution >= 0.6 is 0 Å². The number of hydrogen-bond donors (Lipinski definition) is 3. The van der Waals surface area contributed by atoms with Crippen molar-refractivity contribution in [1.82, 2.24) is 5.32 Å². The topological polar surface area (TPSA) is 130 Å². The lowest BCUT2D eigenvalue weighted by Crippen LogP contribution is -2.59. The van der Waals surface area contributed by atoms with Crippen LogP contribution in [-0.4, -0.2) is 54.5 Å². The molecule has 0 bridgehead atoms. The van der Waals surface area contributed by atoms with Crippen LogP contribution in [-0.2, 0) is 24.4 Å². The number of rotatable bonds is 15. The highest BCUT2D eigenvalue weighted by Gasteiger charge is 2.63. The first kappa shape index (κ1) is 35.7. The molecule has 0 radical (unpaired) electrons. The van der Waals surface area contributed by atoms with Crippen LogP contribution in [0.25, 0.3) is 0 Å². The Kier molecular flexibility index (Phi) is 12.3. The molecule has 4 saturated carbocycles. The lowest BCUT2D eigenvalue weighted by atomic mass is 9.43. The number of carbonyl (C=O) groups excluding carboxylic acids is 2. The second-order valence-corrected chi connectivity index (χ2v) is 17.1. The molecule has 3 N–H and O–H groups in total. The Morgan fingerprint density at radius 3 is 2.41 bits per heavy atom. The largest absolute Gasteiger partial charge is 0.462 e. The van der Waals surface area contributed by atoms with Crippen molar-refractivity contribution in [1.29, 1.82) is 0 Å². The van der Waals surface area contributed by atoms with E-state index in [1.165, 1.54) is 38.5 Å². The maximum atomic E-state index is 12.6. The normalized spacial score (nSPS) is 37.4. The minimum Gasteiger partial charge on any atom is -0.462 e. The van der Waals surface area contributed by atoms with Gasteiger partial charge in [0.1, 0.15) is 6.10 Å². The van der Waals surface area contributed by atoms with Crippen LogP contribution in [0.1, 0.15) is 137 Å². The molecule has 0 aromatic heterocycles. The summed E-state index contributed by atoms with van der Waals surface area (Å²) in [5.74, 6) is 2.06. The Bertz CT molecular complexity index is 1080. The zero-order valence-electron chi connectivity index (χ0n) is 27.9. The monoisotopic (exact) mass is 639 g/mol. The molecule has 10 unspecified atom stereocenters. The number of amides is 1. The van der Waals surface area contributed by atoms with Crippen LogP contribution in [0.5, 0.6) is 0 Å². The number of hydrogen-bond acceptors (Lipinski definition) is 6. The van der Waals surface area contributed by atoms with Gasteiger partial charge in [-0.25, -0.2) is 0 Å². The minimum atomic E-state index is -4.09. The van der Waals surface area contributed by atoms with E-state index in [1.807, 2.05) is 0 Å². The van der Waals surface area contributed by atoms with Gasteiger partial charge in [-0.3, -0.25) is 14.1 Å². The standard InChI is InChI=1S/C35H61NO7S/c1-5-6-7-8-9-10-11-33(39)43-26-18-19-34(3)25(22-26)13-14-27-29-16-15-28(35(29,4)31(37)23-30(27)34)24(2)12-17-32(38)36-20-21-44(40,41)42/h24-31,37H,5-23H2,1-4H3,(H,36,38)(H,40,41,42). The number of carbonyl (C=O) groups is 2. The van der Waals surface area contributed by atoms with Crippen molar-refractivity contribution in [2.24, 2.45) is 46.3 Å². The number of nitrogens with one attached hydrogen (secondary N) is 1. The molecule has 0 heterocycles. The van der Waals surface area contributed by atoms with Crippen molar-refractivity contribution >= 4 is 22.0 Å². The summed E-state index contributed by atoms with van der Waals surface area (Å²) >= 11 is 0. The molecule has 1 amide bonds. The van der Waals surface area contributed by atoms with Crippen LogP contribution in [0.15, 0.2) is 0 Å². The molecular weight excluding hydrogens is 578 g/mol. The molecule has 254 valence electrons. The molecule has 4 aliphatic carbocycles. The Balaban J connectivity index is 1.29. The van der Waals surface area contributed by atoms with E-state index >= 15 is 0 Å². The van der Waals surface area contributed by atoms with Crippen LogP contribution < -0.4 is 5.32 Å². The van der Waals surface area contributed by atoms with Crippen molar-refractivity contribution in [3.63, 3.8) is 0 Å². The fourth-order valence-corrected chi connectivity index (χ4v) is 10.9. The van der Waals surface area contributed by atoms with E-state index in [1.54, 1.807) is 0 Å². The summed E-state index contributed by atoms with van der Waals surface area (Å²) in [5.41, 5.74) is 0.0196. The average Bonchev–Trinajstić information content (AvgIpc) is 3.32. The van der Waals surface area contributed by atoms with Gasteiger partial charge in [0.2, 0.25) is 5.91 Å². The highest BCUT2D eigenvalue weighted by atomic mass is 32.2. The molecule has 0 spiro atoms. The maximum Gasteiger partial charge on any atom is 0.306 e. The predicted molar refractivity (Wildman–Crippen MR) is 172 cm³/mol. The van der Waals surface area contributed by atoms with E-state index in [-0.39, 0.29) is 47.4 Å². The first-order valence-electron chi connectivity index (χ1n) is 17.9. The first-order valence-corrected chi connectivity index (χ1v) is 19.5. The summed E-state index contributed by atoms with van der Waals surface area (Å²) in [6.07, 6.45) is 16.6. The number of esters is 1. The molecule has 9 heteroatoms. The summed E-state index contributed by atoms with van der Waals surface area (Å²) < 4.78 is 36.8. The number of aliphatic hydroxyl groups is 1. The third-order valence-electron chi connectivity index (χ3n) is 13.0. The van der Waals surface area contributed by atoms with Gasteiger partial charge in [0.15, 0.2) is 0 Å². The summed E-state index contributed by atoms with van der Waals surface area (Å²) in [5, 5.41) is 14.5. The summed E-state index contributed by atoms with van der Waals surface area (Å²) in [7, 11) is -4.09. The van der Waals surface area contributed by atoms with Crippen molar-refractivity contribution in [2.45, 2.75) is 149 Å². The van der Waals surface area contributed by atoms with Crippen molar-refractivity contribution in [3.05, 3.63) is 0 Å². The summed E-state index contributed by atoms with van der Waals surface area (Å²) in [6.45, 7) is 9.12. The number of unbranched alkanes of at least 4 members (excludes halogenated alkanes) is 5. The van der Waals surface area contributed by atoms with Gasteiger partial charge in [-0.15, -0.1) is 0 Å². The van der Waals surface area contributed by atoms with E-state index in [2.05, 4.69) is 33.0 Å². The van der Waals surface area contributed by atoms with Crippen LogP contribution in [0.3, 0.4) is 0 Å². The third kappa shape index (κ3) is 8.20. The molecule has 0 aromatic rings. The fourth-order valence-electron chi connectivity index (χ4n) is 10.5. The highest BCUT2D eigenvalue weighted by Crippen LogP contribution is 2.68. The lowest BCUT2D eigenvalue weighted by Gasteiger charge is -2.62. The quantitative estimate of drug-likeness (QED) is 0.103. The van der Waals surface area contributed by atoms with Gasteiger partial charge in [-0.2, -0.15) is 8.42 Å². The summed E-state index contributed by atoms with van der Waals surface area (Å²) in [6, 6.07) is 0. The van der Waals surface area contributed by atoms with E-state index in [0.29, 0.717) is 48.9 Å². The predicted octanol–water partition coefficient (Wildman–Crippen LogP) is 6.70. The fraction of sp³-hybridized carbons (Fsp3) is 0.943. The van der Waals surface area contributed by atoms with Crippen molar-refractivity contribution in [2.75, 3.05) is 12.3 Å². The SMILES string of the molecule is CCCCCCCCC(=O)OC1CCC2(C)C(CCC3C2CC(O)C2(C)C(C(C)CCC(=O)NCCS(=O)(=O)O)CCC32)C1. The summed E-state index contributed by atoms with van der Waals surface area (Å²) in [4.78, 5) is 25.0. The lowest BCUT2D eigenvalue weighted by molar-refractivity contribution is -0.181. The Labute approximate surface area is 267 Å². The molecule has 44 heavy (non-hydrogen) atoms. The number of fused-ring (bicyclic) bond motifs is 5. The van der Waals surface area contributed by atoms with Gasteiger partial charge < -0.3 is 15.2 Å². The van der Waals surface area contributed by atoms with Gasteiger partial charge in [-0.1, -0.05) is 59.8 Å².